The Labute approximate surface area is 152 Å². The first kappa shape index (κ1) is 17.1. The third kappa shape index (κ3) is 4.11. The van der Waals surface area contributed by atoms with Crippen LogP contribution in [-0.4, -0.2) is 63.9 Å². The molecule has 2 aromatic rings. The fourth-order valence-corrected chi connectivity index (χ4v) is 4.69. The highest BCUT2D eigenvalue weighted by atomic mass is 32.1. The van der Waals surface area contributed by atoms with Gasteiger partial charge in [-0.2, -0.15) is 4.98 Å². The maximum absolute atomic E-state index is 9.43. The second-order valence-corrected chi connectivity index (χ2v) is 8.13. The van der Waals surface area contributed by atoms with Crippen LogP contribution in [0.2, 0.25) is 0 Å². The largest absolute Gasteiger partial charge is 0.396 e. The van der Waals surface area contributed by atoms with E-state index in [-0.39, 0.29) is 0 Å². The van der Waals surface area contributed by atoms with Gasteiger partial charge in [0.25, 0.3) is 0 Å². The summed E-state index contributed by atoms with van der Waals surface area (Å²) in [7, 11) is 0. The molecule has 1 atom stereocenters. The molecule has 0 amide bonds. The van der Waals surface area contributed by atoms with Crippen molar-refractivity contribution in [2.45, 2.75) is 38.3 Å². The van der Waals surface area contributed by atoms with Gasteiger partial charge < -0.3 is 9.63 Å². The van der Waals surface area contributed by atoms with Crippen molar-refractivity contribution in [2.75, 3.05) is 32.8 Å². The summed E-state index contributed by atoms with van der Waals surface area (Å²) < 4.78 is 5.43. The van der Waals surface area contributed by atoms with Gasteiger partial charge in [-0.1, -0.05) is 11.2 Å². The molecule has 2 aromatic heterocycles. The SMILES string of the molecule is OCC1CCCN(C2CCN(Cc3nc(-c4cccs4)no3)CC2)C1. The van der Waals surface area contributed by atoms with Gasteiger partial charge >= 0.3 is 0 Å². The fourth-order valence-electron chi connectivity index (χ4n) is 4.04. The van der Waals surface area contributed by atoms with Crippen molar-refractivity contribution in [3.63, 3.8) is 0 Å². The molecule has 4 heterocycles. The van der Waals surface area contributed by atoms with Gasteiger partial charge in [0.2, 0.25) is 11.7 Å². The van der Waals surface area contributed by atoms with Gasteiger partial charge in [0.15, 0.2) is 0 Å². The standard InChI is InChI=1S/C18H26N4O2S/c23-13-14-3-1-7-22(11-14)15-5-8-21(9-6-15)12-17-19-18(20-24-17)16-4-2-10-25-16/h2,4,10,14-15,23H,1,3,5-9,11-13H2. The molecule has 0 aliphatic carbocycles. The van der Waals surface area contributed by atoms with Crippen LogP contribution in [-0.2, 0) is 6.54 Å². The molecule has 0 aromatic carbocycles. The lowest BCUT2D eigenvalue weighted by Gasteiger charge is -2.41. The van der Waals surface area contributed by atoms with Crippen molar-refractivity contribution in [1.82, 2.24) is 19.9 Å². The zero-order valence-electron chi connectivity index (χ0n) is 14.5. The van der Waals surface area contributed by atoms with Crippen LogP contribution in [0.25, 0.3) is 10.7 Å². The van der Waals surface area contributed by atoms with Gasteiger partial charge in [0, 0.05) is 32.3 Å². The normalized spacial score (nSPS) is 24.0. The fraction of sp³-hybridized carbons (Fsp3) is 0.667. The van der Waals surface area contributed by atoms with E-state index in [1.807, 2.05) is 17.5 Å². The number of aliphatic hydroxyl groups is 1. The minimum Gasteiger partial charge on any atom is -0.396 e. The summed E-state index contributed by atoms with van der Waals surface area (Å²) in [6, 6.07) is 4.68. The third-order valence-corrected chi connectivity index (χ3v) is 6.32. The molecule has 7 heteroatoms. The number of nitrogens with zero attached hydrogens (tertiary/aromatic N) is 4. The second kappa shape index (κ2) is 7.95. The van der Waals surface area contributed by atoms with E-state index in [0.717, 1.165) is 31.1 Å². The topological polar surface area (TPSA) is 65.6 Å². The Kier molecular flexibility index (Phi) is 5.45. The van der Waals surface area contributed by atoms with Crippen LogP contribution in [0.15, 0.2) is 22.0 Å². The number of aliphatic hydroxyl groups excluding tert-OH is 1. The van der Waals surface area contributed by atoms with Crippen molar-refractivity contribution in [3.8, 4) is 10.7 Å². The van der Waals surface area contributed by atoms with Crippen LogP contribution in [0.1, 0.15) is 31.6 Å². The first-order chi connectivity index (χ1) is 12.3. The Morgan fingerprint density at radius 2 is 2.12 bits per heavy atom. The number of rotatable bonds is 5. The Hall–Kier alpha value is -1.28. The minimum absolute atomic E-state index is 0.332. The summed E-state index contributed by atoms with van der Waals surface area (Å²) in [6.45, 7) is 5.47. The van der Waals surface area contributed by atoms with Crippen molar-refractivity contribution in [2.24, 2.45) is 5.92 Å². The molecule has 1 unspecified atom stereocenters. The Morgan fingerprint density at radius 1 is 1.24 bits per heavy atom. The molecule has 0 spiro atoms. The van der Waals surface area contributed by atoms with Crippen LogP contribution < -0.4 is 0 Å². The van der Waals surface area contributed by atoms with E-state index < -0.39 is 0 Å². The van der Waals surface area contributed by atoms with E-state index in [2.05, 4.69) is 19.9 Å². The Bertz CT molecular complexity index is 652. The summed E-state index contributed by atoms with van der Waals surface area (Å²) in [5.74, 6) is 1.88. The summed E-state index contributed by atoms with van der Waals surface area (Å²) in [5, 5.41) is 15.5. The van der Waals surface area contributed by atoms with Crippen molar-refractivity contribution in [3.05, 3.63) is 23.4 Å². The number of likely N-dealkylation sites (tertiary alicyclic amines) is 2. The first-order valence-electron chi connectivity index (χ1n) is 9.25. The molecular weight excluding hydrogens is 336 g/mol. The lowest BCUT2D eigenvalue weighted by atomic mass is 9.94. The van der Waals surface area contributed by atoms with Crippen LogP contribution in [0.5, 0.6) is 0 Å². The summed E-state index contributed by atoms with van der Waals surface area (Å²) in [4.78, 5) is 10.6. The smallest absolute Gasteiger partial charge is 0.241 e. The molecule has 1 N–H and O–H groups in total. The van der Waals surface area contributed by atoms with Gasteiger partial charge in [-0.3, -0.25) is 9.80 Å². The number of hydrogen-bond donors (Lipinski definition) is 1. The summed E-state index contributed by atoms with van der Waals surface area (Å²) in [5.41, 5.74) is 0. The monoisotopic (exact) mass is 362 g/mol. The molecule has 136 valence electrons. The van der Waals surface area contributed by atoms with Crippen LogP contribution in [0, 0.1) is 5.92 Å². The molecule has 2 aliphatic heterocycles. The van der Waals surface area contributed by atoms with Crippen molar-refractivity contribution >= 4 is 11.3 Å². The van der Waals surface area contributed by atoms with Crippen LogP contribution in [0.3, 0.4) is 0 Å². The molecule has 0 radical (unpaired) electrons. The van der Waals surface area contributed by atoms with E-state index in [9.17, 15) is 5.11 Å². The highest BCUT2D eigenvalue weighted by Crippen LogP contribution is 2.25. The zero-order valence-corrected chi connectivity index (χ0v) is 15.3. The molecule has 2 saturated heterocycles. The van der Waals surface area contributed by atoms with Crippen molar-refractivity contribution in [1.29, 1.82) is 0 Å². The van der Waals surface area contributed by atoms with Gasteiger partial charge in [0.05, 0.1) is 11.4 Å². The predicted molar refractivity (Wildman–Crippen MR) is 97.3 cm³/mol. The molecule has 2 fully saturated rings. The average Bonchev–Trinajstić information content (AvgIpc) is 3.34. The molecule has 0 bridgehead atoms. The second-order valence-electron chi connectivity index (χ2n) is 7.18. The van der Waals surface area contributed by atoms with E-state index in [1.165, 1.54) is 32.2 Å². The lowest BCUT2D eigenvalue weighted by Crippen LogP contribution is -2.48. The highest BCUT2D eigenvalue weighted by Gasteiger charge is 2.29. The average molecular weight is 362 g/mol. The van der Waals surface area contributed by atoms with Gasteiger partial charge in [-0.25, -0.2) is 0 Å². The maximum Gasteiger partial charge on any atom is 0.241 e. The molecule has 6 nitrogen and oxygen atoms in total. The minimum atomic E-state index is 0.332. The maximum atomic E-state index is 9.43. The Balaban J connectivity index is 1.28. The summed E-state index contributed by atoms with van der Waals surface area (Å²) in [6.07, 6.45) is 4.77. The van der Waals surface area contributed by atoms with Crippen LogP contribution in [0.4, 0.5) is 0 Å². The third-order valence-electron chi connectivity index (χ3n) is 5.45. The number of aromatic nitrogens is 2. The molecule has 25 heavy (non-hydrogen) atoms. The van der Waals surface area contributed by atoms with Crippen LogP contribution >= 0.6 is 11.3 Å². The van der Waals surface area contributed by atoms with E-state index in [4.69, 9.17) is 4.52 Å². The van der Waals surface area contributed by atoms with E-state index in [1.54, 1.807) is 11.3 Å². The van der Waals surface area contributed by atoms with E-state index in [0.29, 0.717) is 30.3 Å². The predicted octanol–water partition coefficient (Wildman–Crippen LogP) is 2.47. The van der Waals surface area contributed by atoms with Gasteiger partial charge in [-0.05, 0) is 49.6 Å². The quantitative estimate of drug-likeness (QED) is 0.881. The molecule has 2 aliphatic rings. The zero-order chi connectivity index (χ0) is 17.1. The number of hydrogen-bond acceptors (Lipinski definition) is 7. The molecule has 0 saturated carbocycles. The lowest BCUT2D eigenvalue weighted by molar-refractivity contribution is 0.0503. The van der Waals surface area contributed by atoms with E-state index >= 15 is 0 Å². The van der Waals surface area contributed by atoms with Crippen molar-refractivity contribution < 1.29 is 9.63 Å². The number of thiophene rings is 1. The first-order valence-corrected chi connectivity index (χ1v) is 10.1. The molecular formula is C18H26N4O2S. The van der Waals surface area contributed by atoms with Gasteiger partial charge in [-0.15, -0.1) is 11.3 Å². The molecule has 4 rings (SSSR count). The number of piperidine rings is 2. The Morgan fingerprint density at radius 3 is 2.88 bits per heavy atom. The van der Waals surface area contributed by atoms with Gasteiger partial charge in [0.1, 0.15) is 0 Å². The summed E-state index contributed by atoms with van der Waals surface area (Å²) >= 11 is 1.63. The highest BCUT2D eigenvalue weighted by molar-refractivity contribution is 7.13.